The highest BCUT2D eigenvalue weighted by Gasteiger charge is 2.40. The number of amides is 2. The lowest BCUT2D eigenvalue weighted by Crippen LogP contribution is -2.48. The number of aliphatic hydroxyl groups is 2. The lowest BCUT2D eigenvalue weighted by Gasteiger charge is -2.30. The molecule has 3 atom stereocenters. The third-order valence-corrected chi connectivity index (χ3v) is 5.79. The van der Waals surface area contributed by atoms with Gasteiger partial charge in [-0.2, -0.15) is 0 Å². The molecule has 3 rings (SSSR count). The minimum Gasteiger partial charge on any atom is -0.445 e. The predicted octanol–water partition coefficient (Wildman–Crippen LogP) is 2.20. The molecule has 1 aliphatic heterocycles. The van der Waals surface area contributed by atoms with Crippen LogP contribution in [0.1, 0.15) is 17.5 Å². The lowest BCUT2D eigenvalue weighted by atomic mass is 10.1. The summed E-state index contributed by atoms with van der Waals surface area (Å²) in [5.74, 6) is 0. The van der Waals surface area contributed by atoms with E-state index < -0.39 is 40.3 Å². The molecule has 1 heterocycles. The number of non-ortho nitro benzene ring substituents is 2. The van der Waals surface area contributed by atoms with Gasteiger partial charge in [-0.1, -0.05) is 0 Å². The molecule has 2 amide bonds. The average Bonchev–Trinajstić information content (AvgIpc) is 3.28. The molecule has 0 aliphatic carbocycles. The third kappa shape index (κ3) is 7.35. The Labute approximate surface area is 210 Å². The Morgan fingerprint density at radius 1 is 1.00 bits per heavy atom. The maximum Gasteiger partial charge on any atom is 0.410 e. The highest BCUT2D eigenvalue weighted by atomic mass is 16.6. The second-order valence-electron chi connectivity index (χ2n) is 8.51. The summed E-state index contributed by atoms with van der Waals surface area (Å²) in [6.45, 7) is -0.584. The Morgan fingerprint density at radius 3 is 1.97 bits per heavy atom. The number of carbonyl (C=O) groups excluding carboxylic acids is 2. The van der Waals surface area contributed by atoms with E-state index in [0.717, 1.165) is 4.90 Å². The molecule has 0 saturated carbocycles. The number of nitrogens with zero attached hydrogens (tertiary/aromatic N) is 4. The molecule has 2 aromatic rings. The van der Waals surface area contributed by atoms with E-state index in [9.17, 15) is 40.0 Å². The summed E-state index contributed by atoms with van der Waals surface area (Å²) >= 11 is 0. The van der Waals surface area contributed by atoms with Gasteiger partial charge in [-0.05, 0) is 41.8 Å². The molecule has 1 fully saturated rings. The SMILES string of the molecule is CN(C[C@@H](O)[C@@H]1C[C@@H](O)CN1C(=O)OCc1ccc([N+](=O)[O-])cc1)C(=O)OCc1ccc([N+](=O)[O-])cc1. The van der Waals surface area contributed by atoms with Crippen LogP contribution in [0.25, 0.3) is 0 Å². The van der Waals surface area contributed by atoms with Crippen LogP contribution in [0.4, 0.5) is 21.0 Å². The van der Waals surface area contributed by atoms with Gasteiger partial charge >= 0.3 is 12.2 Å². The minimum absolute atomic E-state index is 0.0689. The predicted molar refractivity (Wildman–Crippen MR) is 126 cm³/mol. The topological polar surface area (TPSA) is 186 Å². The fraction of sp³-hybridized carbons (Fsp3) is 0.391. The van der Waals surface area contributed by atoms with Crippen molar-refractivity contribution in [2.75, 3.05) is 20.1 Å². The standard InChI is InChI=1S/C23H26N4O10/c1-24(22(30)36-13-15-2-6-17(7-3-15)26(32)33)12-21(29)20-10-19(28)11-25(20)23(31)37-14-16-4-8-18(9-5-16)27(34)35/h2-9,19-21,28-29H,10-14H2,1H3/t19-,20+,21-/m1/s1. The fourth-order valence-corrected chi connectivity index (χ4v) is 3.81. The van der Waals surface area contributed by atoms with Gasteiger partial charge in [0.1, 0.15) is 13.2 Å². The largest absolute Gasteiger partial charge is 0.445 e. The van der Waals surface area contributed by atoms with Crippen LogP contribution in [0.3, 0.4) is 0 Å². The summed E-state index contributed by atoms with van der Waals surface area (Å²) in [7, 11) is 1.39. The van der Waals surface area contributed by atoms with E-state index >= 15 is 0 Å². The van der Waals surface area contributed by atoms with Crippen molar-refractivity contribution >= 4 is 23.6 Å². The molecule has 2 N–H and O–H groups in total. The Balaban J connectivity index is 1.51. The lowest BCUT2D eigenvalue weighted by molar-refractivity contribution is -0.385. The van der Waals surface area contributed by atoms with Crippen molar-refractivity contribution in [1.82, 2.24) is 9.80 Å². The molecular formula is C23H26N4O10. The van der Waals surface area contributed by atoms with Crippen molar-refractivity contribution in [3.05, 3.63) is 79.9 Å². The number of likely N-dealkylation sites (N-methyl/N-ethyl adjacent to an activating group) is 1. The Bertz CT molecular complexity index is 1130. The van der Waals surface area contributed by atoms with E-state index in [4.69, 9.17) is 9.47 Å². The van der Waals surface area contributed by atoms with Gasteiger partial charge in [0.15, 0.2) is 0 Å². The zero-order chi connectivity index (χ0) is 27.1. The van der Waals surface area contributed by atoms with Gasteiger partial charge in [-0.25, -0.2) is 9.59 Å². The molecular weight excluding hydrogens is 492 g/mol. The van der Waals surface area contributed by atoms with Crippen molar-refractivity contribution < 1.29 is 39.1 Å². The van der Waals surface area contributed by atoms with Gasteiger partial charge in [0, 0.05) is 31.3 Å². The summed E-state index contributed by atoms with van der Waals surface area (Å²) in [6.07, 6.45) is -3.60. The first kappa shape index (κ1) is 27.3. The summed E-state index contributed by atoms with van der Waals surface area (Å²) in [5, 5.41) is 42.2. The number of benzene rings is 2. The quantitative estimate of drug-likeness (QED) is 0.368. The molecule has 0 aromatic heterocycles. The number of hydrogen-bond acceptors (Lipinski definition) is 10. The van der Waals surface area contributed by atoms with Gasteiger partial charge < -0.3 is 24.6 Å². The van der Waals surface area contributed by atoms with Crippen LogP contribution >= 0.6 is 0 Å². The zero-order valence-electron chi connectivity index (χ0n) is 19.8. The maximum absolute atomic E-state index is 12.6. The average molecular weight is 518 g/mol. The number of nitro groups is 2. The Kier molecular flexibility index (Phi) is 8.92. The first-order chi connectivity index (χ1) is 17.5. The monoisotopic (exact) mass is 518 g/mol. The number of aliphatic hydroxyl groups excluding tert-OH is 2. The zero-order valence-corrected chi connectivity index (χ0v) is 19.8. The molecule has 0 radical (unpaired) electrons. The van der Waals surface area contributed by atoms with Gasteiger partial charge in [-0.15, -0.1) is 0 Å². The normalized spacial score (nSPS) is 17.6. The summed E-state index contributed by atoms with van der Waals surface area (Å²) in [5.41, 5.74) is 0.862. The molecule has 198 valence electrons. The van der Waals surface area contributed by atoms with E-state index in [0.29, 0.717) is 11.1 Å². The van der Waals surface area contributed by atoms with Crippen LogP contribution in [0.5, 0.6) is 0 Å². The second-order valence-corrected chi connectivity index (χ2v) is 8.51. The molecule has 0 bridgehead atoms. The molecule has 0 spiro atoms. The number of rotatable bonds is 9. The van der Waals surface area contributed by atoms with Crippen LogP contribution in [0.2, 0.25) is 0 Å². The third-order valence-electron chi connectivity index (χ3n) is 5.79. The van der Waals surface area contributed by atoms with Crippen LogP contribution in [0, 0.1) is 20.2 Å². The van der Waals surface area contributed by atoms with Gasteiger partial charge in [0.25, 0.3) is 11.4 Å². The van der Waals surface area contributed by atoms with Crippen LogP contribution in [-0.4, -0.2) is 80.4 Å². The molecule has 14 nitrogen and oxygen atoms in total. The van der Waals surface area contributed by atoms with Crippen molar-refractivity contribution in [1.29, 1.82) is 0 Å². The van der Waals surface area contributed by atoms with E-state index in [2.05, 4.69) is 0 Å². The van der Waals surface area contributed by atoms with Crippen LogP contribution in [-0.2, 0) is 22.7 Å². The molecule has 2 aromatic carbocycles. The van der Waals surface area contributed by atoms with Crippen molar-refractivity contribution in [3.63, 3.8) is 0 Å². The van der Waals surface area contributed by atoms with Gasteiger partial charge in [-0.3, -0.25) is 25.1 Å². The maximum atomic E-state index is 12.6. The number of ether oxygens (including phenoxy) is 2. The van der Waals surface area contributed by atoms with E-state index in [1.807, 2.05) is 0 Å². The van der Waals surface area contributed by atoms with Gasteiger partial charge in [0.2, 0.25) is 0 Å². The molecule has 37 heavy (non-hydrogen) atoms. The Morgan fingerprint density at radius 2 is 1.49 bits per heavy atom. The first-order valence-electron chi connectivity index (χ1n) is 11.2. The summed E-state index contributed by atoms with van der Waals surface area (Å²) in [4.78, 5) is 47.6. The molecule has 1 aliphatic rings. The second kappa shape index (κ2) is 12.1. The number of nitro benzene ring substituents is 2. The van der Waals surface area contributed by atoms with E-state index in [1.165, 1.54) is 60.5 Å². The van der Waals surface area contributed by atoms with Gasteiger partial charge in [0.05, 0.1) is 41.2 Å². The fourth-order valence-electron chi connectivity index (χ4n) is 3.81. The molecule has 0 unspecified atom stereocenters. The highest BCUT2D eigenvalue weighted by molar-refractivity contribution is 5.69. The van der Waals surface area contributed by atoms with Crippen molar-refractivity contribution in [3.8, 4) is 0 Å². The van der Waals surface area contributed by atoms with E-state index in [-0.39, 0.29) is 44.1 Å². The summed E-state index contributed by atoms with van der Waals surface area (Å²) < 4.78 is 10.4. The first-order valence-corrected chi connectivity index (χ1v) is 11.2. The van der Waals surface area contributed by atoms with Crippen LogP contribution in [0.15, 0.2) is 48.5 Å². The highest BCUT2D eigenvalue weighted by Crippen LogP contribution is 2.23. The molecule has 1 saturated heterocycles. The smallest absolute Gasteiger partial charge is 0.410 e. The number of β-amino-alcohol motifs (C(OH)–C–C–N with tert-alkyl or cyclic N) is 1. The van der Waals surface area contributed by atoms with Crippen LogP contribution < -0.4 is 0 Å². The summed E-state index contributed by atoms with van der Waals surface area (Å²) in [6, 6.07) is 10.1. The minimum atomic E-state index is -1.22. The number of carbonyl (C=O) groups is 2. The number of hydrogen-bond donors (Lipinski definition) is 2. The van der Waals surface area contributed by atoms with Crippen molar-refractivity contribution in [2.24, 2.45) is 0 Å². The molecule has 14 heteroatoms. The Hall–Kier alpha value is -4.30. The van der Waals surface area contributed by atoms with E-state index in [1.54, 1.807) is 0 Å². The van der Waals surface area contributed by atoms with Crippen molar-refractivity contribution in [2.45, 2.75) is 37.9 Å². The number of likely N-dealkylation sites (tertiary alicyclic amines) is 1.